The first-order chi connectivity index (χ1) is 12.0. The number of alkyl halides is 2. The van der Waals surface area contributed by atoms with Gasteiger partial charge in [0.05, 0.1) is 25.9 Å². The van der Waals surface area contributed by atoms with Crippen LogP contribution in [0.1, 0.15) is 23.9 Å². The van der Waals surface area contributed by atoms with Crippen LogP contribution in [0.2, 0.25) is 0 Å². The van der Waals surface area contributed by atoms with E-state index in [2.05, 4.69) is 10.1 Å². The minimum absolute atomic E-state index is 0.0733. The standard InChI is InChI=1S/C16H20F2N4O3/c1-3-24-7-6-22-12-4-5-21(16(23)14(17)18)9-11(12)13(20-22)15-19-8-10(2)25-15/h8,14H,3-7,9H2,1-2H3. The summed E-state index contributed by atoms with van der Waals surface area (Å²) >= 11 is 0. The largest absolute Gasteiger partial charge is 0.440 e. The van der Waals surface area contributed by atoms with Crippen molar-refractivity contribution >= 4 is 5.91 Å². The van der Waals surface area contributed by atoms with Crippen molar-refractivity contribution in [1.29, 1.82) is 0 Å². The zero-order valence-corrected chi connectivity index (χ0v) is 14.2. The summed E-state index contributed by atoms with van der Waals surface area (Å²) in [5, 5.41) is 4.54. The van der Waals surface area contributed by atoms with Crippen molar-refractivity contribution in [3.05, 3.63) is 23.2 Å². The molecule has 3 rings (SSSR count). The maximum absolute atomic E-state index is 12.8. The summed E-state index contributed by atoms with van der Waals surface area (Å²) in [6, 6.07) is 0. The number of carbonyl (C=O) groups excluding carboxylic acids is 1. The van der Waals surface area contributed by atoms with Gasteiger partial charge in [0.15, 0.2) is 5.69 Å². The Labute approximate surface area is 143 Å². The number of fused-ring (bicyclic) bond motifs is 1. The van der Waals surface area contributed by atoms with Gasteiger partial charge in [-0.3, -0.25) is 9.48 Å². The van der Waals surface area contributed by atoms with Crippen molar-refractivity contribution in [1.82, 2.24) is 19.7 Å². The highest BCUT2D eigenvalue weighted by molar-refractivity contribution is 5.80. The Morgan fingerprint density at radius 3 is 2.92 bits per heavy atom. The maximum Gasteiger partial charge on any atom is 0.315 e. The molecule has 0 bridgehead atoms. The molecule has 0 aromatic carbocycles. The molecule has 0 unspecified atom stereocenters. The number of ether oxygens (including phenoxy) is 1. The van der Waals surface area contributed by atoms with Crippen molar-refractivity contribution in [2.45, 2.75) is 39.8 Å². The first kappa shape index (κ1) is 17.5. The number of aryl methyl sites for hydroxylation is 1. The van der Waals surface area contributed by atoms with E-state index in [1.807, 2.05) is 6.92 Å². The zero-order chi connectivity index (χ0) is 18.0. The van der Waals surface area contributed by atoms with Crippen LogP contribution in [0.5, 0.6) is 0 Å². The van der Waals surface area contributed by atoms with E-state index in [0.717, 1.165) is 10.6 Å². The van der Waals surface area contributed by atoms with E-state index in [1.54, 1.807) is 17.8 Å². The van der Waals surface area contributed by atoms with Crippen molar-refractivity contribution in [3.8, 4) is 11.6 Å². The first-order valence-electron chi connectivity index (χ1n) is 8.17. The van der Waals surface area contributed by atoms with Gasteiger partial charge in [-0.05, 0) is 13.8 Å². The Balaban J connectivity index is 1.94. The Morgan fingerprint density at radius 2 is 2.28 bits per heavy atom. The second-order valence-corrected chi connectivity index (χ2v) is 5.78. The number of hydrogen-bond acceptors (Lipinski definition) is 5. The molecular formula is C16H20F2N4O3. The van der Waals surface area contributed by atoms with Gasteiger partial charge in [0.2, 0.25) is 5.89 Å². The van der Waals surface area contributed by atoms with Crippen molar-refractivity contribution < 1.29 is 22.7 Å². The highest BCUT2D eigenvalue weighted by atomic mass is 19.3. The third-order valence-electron chi connectivity index (χ3n) is 4.11. The van der Waals surface area contributed by atoms with E-state index in [0.29, 0.717) is 49.1 Å². The monoisotopic (exact) mass is 354 g/mol. The quantitative estimate of drug-likeness (QED) is 0.742. The average molecular weight is 354 g/mol. The number of halogens is 2. The van der Waals surface area contributed by atoms with E-state index in [-0.39, 0.29) is 13.1 Å². The molecule has 0 N–H and O–H groups in total. The van der Waals surface area contributed by atoms with Crippen LogP contribution in [-0.4, -0.2) is 51.8 Å². The molecule has 136 valence electrons. The number of amides is 1. The summed E-state index contributed by atoms with van der Waals surface area (Å²) in [5.41, 5.74) is 2.11. The lowest BCUT2D eigenvalue weighted by molar-refractivity contribution is -0.143. The van der Waals surface area contributed by atoms with E-state index >= 15 is 0 Å². The van der Waals surface area contributed by atoms with Gasteiger partial charge in [-0.15, -0.1) is 0 Å². The molecule has 0 aliphatic carbocycles. The van der Waals surface area contributed by atoms with Gasteiger partial charge in [0.1, 0.15) is 5.76 Å². The molecule has 2 aromatic heterocycles. The Hall–Kier alpha value is -2.29. The average Bonchev–Trinajstić information content (AvgIpc) is 3.17. The zero-order valence-electron chi connectivity index (χ0n) is 14.2. The van der Waals surface area contributed by atoms with Crippen LogP contribution >= 0.6 is 0 Å². The van der Waals surface area contributed by atoms with E-state index in [4.69, 9.17) is 9.15 Å². The molecule has 2 aromatic rings. The summed E-state index contributed by atoms with van der Waals surface area (Å²) in [6.45, 7) is 5.62. The molecule has 1 amide bonds. The highest BCUT2D eigenvalue weighted by Crippen LogP contribution is 2.30. The van der Waals surface area contributed by atoms with Gasteiger partial charge in [0, 0.05) is 30.8 Å². The van der Waals surface area contributed by atoms with Crippen LogP contribution < -0.4 is 0 Å². The Morgan fingerprint density at radius 1 is 1.48 bits per heavy atom. The SMILES string of the molecule is CCOCCn1nc(-c2ncc(C)o2)c2c1CCN(C(=O)C(F)F)C2. The second-order valence-electron chi connectivity index (χ2n) is 5.78. The summed E-state index contributed by atoms with van der Waals surface area (Å²) in [7, 11) is 0. The van der Waals surface area contributed by atoms with Crippen LogP contribution in [-0.2, 0) is 29.0 Å². The summed E-state index contributed by atoms with van der Waals surface area (Å²) in [6.07, 6.45) is -0.986. The minimum Gasteiger partial charge on any atom is -0.440 e. The topological polar surface area (TPSA) is 73.4 Å². The minimum atomic E-state index is -3.01. The molecular weight excluding hydrogens is 334 g/mol. The Kier molecular flexibility index (Phi) is 5.12. The summed E-state index contributed by atoms with van der Waals surface area (Å²) in [5.74, 6) is -0.207. The highest BCUT2D eigenvalue weighted by Gasteiger charge is 2.32. The van der Waals surface area contributed by atoms with Gasteiger partial charge >= 0.3 is 6.43 Å². The van der Waals surface area contributed by atoms with E-state index < -0.39 is 12.3 Å². The van der Waals surface area contributed by atoms with Crippen molar-refractivity contribution in [2.24, 2.45) is 0 Å². The molecule has 0 radical (unpaired) electrons. The third kappa shape index (κ3) is 3.55. The molecule has 9 heteroatoms. The fourth-order valence-electron chi connectivity index (χ4n) is 2.93. The fourth-order valence-corrected chi connectivity index (χ4v) is 2.93. The van der Waals surface area contributed by atoms with Crippen LogP contribution in [0.25, 0.3) is 11.6 Å². The van der Waals surface area contributed by atoms with Gasteiger partial charge < -0.3 is 14.1 Å². The summed E-state index contributed by atoms with van der Waals surface area (Å²) < 4.78 is 38.3. The maximum atomic E-state index is 12.8. The van der Waals surface area contributed by atoms with Crippen LogP contribution in [0.15, 0.2) is 10.6 Å². The third-order valence-corrected chi connectivity index (χ3v) is 4.11. The van der Waals surface area contributed by atoms with Gasteiger partial charge in [0.25, 0.3) is 5.91 Å². The van der Waals surface area contributed by atoms with Crippen LogP contribution in [0.3, 0.4) is 0 Å². The fraction of sp³-hybridized carbons (Fsp3) is 0.562. The molecule has 0 atom stereocenters. The lowest BCUT2D eigenvalue weighted by Crippen LogP contribution is -2.39. The molecule has 1 aliphatic heterocycles. The van der Waals surface area contributed by atoms with Crippen molar-refractivity contribution in [3.63, 3.8) is 0 Å². The van der Waals surface area contributed by atoms with Gasteiger partial charge in [-0.1, -0.05) is 0 Å². The number of rotatable bonds is 6. The number of carbonyl (C=O) groups is 1. The molecule has 0 fully saturated rings. The van der Waals surface area contributed by atoms with E-state index in [1.165, 1.54) is 0 Å². The number of hydrogen-bond donors (Lipinski definition) is 0. The van der Waals surface area contributed by atoms with E-state index in [9.17, 15) is 13.6 Å². The van der Waals surface area contributed by atoms with Gasteiger partial charge in [-0.25, -0.2) is 4.98 Å². The van der Waals surface area contributed by atoms with Crippen LogP contribution in [0, 0.1) is 6.92 Å². The van der Waals surface area contributed by atoms with Gasteiger partial charge in [-0.2, -0.15) is 13.9 Å². The van der Waals surface area contributed by atoms with Crippen LogP contribution in [0.4, 0.5) is 8.78 Å². The molecule has 0 saturated heterocycles. The Bertz CT molecular complexity index is 757. The normalized spacial score (nSPS) is 14.2. The first-order valence-corrected chi connectivity index (χ1v) is 8.17. The molecule has 0 spiro atoms. The predicted octanol–water partition coefficient (Wildman–Crippen LogP) is 2.03. The molecule has 1 aliphatic rings. The predicted molar refractivity (Wildman–Crippen MR) is 84.1 cm³/mol. The smallest absolute Gasteiger partial charge is 0.315 e. The summed E-state index contributed by atoms with van der Waals surface area (Å²) in [4.78, 5) is 17.0. The van der Waals surface area contributed by atoms with Crippen molar-refractivity contribution in [2.75, 3.05) is 19.8 Å². The lowest BCUT2D eigenvalue weighted by Gasteiger charge is -2.27. The second kappa shape index (κ2) is 7.30. The number of aromatic nitrogens is 3. The molecule has 25 heavy (non-hydrogen) atoms. The number of oxazole rings is 1. The molecule has 3 heterocycles. The molecule has 7 nitrogen and oxygen atoms in total. The lowest BCUT2D eigenvalue weighted by atomic mass is 10.0. The number of nitrogens with zero attached hydrogens (tertiary/aromatic N) is 4. The molecule has 0 saturated carbocycles.